The normalized spacial score (nSPS) is 20.4. The zero-order valence-electron chi connectivity index (χ0n) is 16.0. The predicted octanol–water partition coefficient (Wildman–Crippen LogP) is 3.19. The number of nitrogens with zero attached hydrogens (tertiary/aromatic N) is 2. The van der Waals surface area contributed by atoms with E-state index in [-0.39, 0.29) is 17.5 Å². The summed E-state index contributed by atoms with van der Waals surface area (Å²) in [5, 5.41) is 6.71. The van der Waals surface area contributed by atoms with Gasteiger partial charge in [0, 0.05) is 56.4 Å². The molecule has 2 heterocycles. The van der Waals surface area contributed by atoms with E-state index in [0.29, 0.717) is 30.9 Å². The molecule has 0 saturated carbocycles. The van der Waals surface area contributed by atoms with Crippen molar-refractivity contribution in [1.29, 1.82) is 0 Å². The maximum atomic E-state index is 13.4. The number of carbonyl (C=O) groups is 1. The minimum Gasteiger partial charge on any atom is -0.369 e. The predicted molar refractivity (Wildman–Crippen MR) is 103 cm³/mol. The van der Waals surface area contributed by atoms with E-state index >= 15 is 0 Å². The summed E-state index contributed by atoms with van der Waals surface area (Å²) in [5.74, 6) is 0.324. The molecule has 1 aliphatic rings. The Morgan fingerprint density at radius 1 is 1.25 bits per heavy atom. The van der Waals surface area contributed by atoms with Crippen molar-refractivity contribution in [2.24, 2.45) is 5.92 Å². The van der Waals surface area contributed by atoms with E-state index in [2.05, 4.69) is 27.4 Å². The maximum Gasteiger partial charge on any atom is 0.418 e. The lowest BCUT2D eigenvalue weighted by atomic mass is 9.94. The van der Waals surface area contributed by atoms with Crippen LogP contribution in [-0.2, 0) is 11.0 Å². The molecule has 0 bridgehead atoms. The van der Waals surface area contributed by atoms with Gasteiger partial charge in [0.25, 0.3) is 0 Å². The third-order valence-electron chi connectivity index (χ3n) is 4.98. The molecule has 0 radical (unpaired) electrons. The molecule has 1 amide bonds. The lowest BCUT2D eigenvalue weighted by Crippen LogP contribution is -2.50. The minimum atomic E-state index is -4.44. The SMILES string of the molecule is CC(=O)NCCN[C@@H]1C[C@H](C)CN(c2ccc(C(F)(F)F)c3ncccc23)C1. The molecule has 0 unspecified atom stereocenters. The Balaban J connectivity index is 1.82. The van der Waals surface area contributed by atoms with Crippen molar-refractivity contribution in [3.05, 3.63) is 36.0 Å². The van der Waals surface area contributed by atoms with Crippen LogP contribution in [-0.4, -0.2) is 43.1 Å². The van der Waals surface area contributed by atoms with Gasteiger partial charge in [0.2, 0.25) is 5.91 Å². The summed E-state index contributed by atoms with van der Waals surface area (Å²) in [6.07, 6.45) is -2.06. The summed E-state index contributed by atoms with van der Waals surface area (Å²) in [5.41, 5.74) is 0.0547. The molecule has 152 valence electrons. The van der Waals surface area contributed by atoms with E-state index in [1.165, 1.54) is 13.1 Å². The number of alkyl halides is 3. The van der Waals surface area contributed by atoms with Crippen LogP contribution in [0.2, 0.25) is 0 Å². The highest BCUT2D eigenvalue weighted by molar-refractivity contribution is 5.94. The number of fused-ring (bicyclic) bond motifs is 1. The second kappa shape index (κ2) is 8.34. The fourth-order valence-electron chi connectivity index (χ4n) is 3.87. The lowest BCUT2D eigenvalue weighted by Gasteiger charge is -2.39. The molecule has 1 aromatic carbocycles. The largest absolute Gasteiger partial charge is 0.418 e. The second-order valence-corrected chi connectivity index (χ2v) is 7.41. The molecule has 3 rings (SSSR count). The number of aromatic nitrogens is 1. The molecule has 0 spiro atoms. The molecule has 1 aliphatic heterocycles. The van der Waals surface area contributed by atoms with Crippen LogP contribution in [0.15, 0.2) is 30.5 Å². The van der Waals surface area contributed by atoms with Crippen molar-refractivity contribution in [3.8, 4) is 0 Å². The van der Waals surface area contributed by atoms with Gasteiger partial charge in [-0.15, -0.1) is 0 Å². The molecule has 5 nitrogen and oxygen atoms in total. The second-order valence-electron chi connectivity index (χ2n) is 7.41. The molecule has 2 atom stereocenters. The molecule has 2 N–H and O–H groups in total. The van der Waals surface area contributed by atoms with Crippen LogP contribution in [0.1, 0.15) is 25.8 Å². The molecular formula is C20H25F3N4O. The third-order valence-corrected chi connectivity index (χ3v) is 4.98. The number of hydrogen-bond acceptors (Lipinski definition) is 4. The summed E-state index contributed by atoms with van der Waals surface area (Å²) >= 11 is 0. The fraction of sp³-hybridized carbons (Fsp3) is 0.500. The van der Waals surface area contributed by atoms with E-state index in [0.717, 1.165) is 24.7 Å². The first kappa shape index (κ1) is 20.4. The average molecular weight is 394 g/mol. The van der Waals surface area contributed by atoms with E-state index < -0.39 is 11.7 Å². The number of rotatable bonds is 5. The first-order valence-corrected chi connectivity index (χ1v) is 9.43. The van der Waals surface area contributed by atoms with Crippen molar-refractivity contribution in [3.63, 3.8) is 0 Å². The smallest absolute Gasteiger partial charge is 0.369 e. The highest BCUT2D eigenvalue weighted by Gasteiger charge is 2.34. The molecule has 1 fully saturated rings. The minimum absolute atomic E-state index is 0.0131. The van der Waals surface area contributed by atoms with E-state index in [9.17, 15) is 18.0 Å². The van der Waals surface area contributed by atoms with Crippen LogP contribution in [0.5, 0.6) is 0 Å². The van der Waals surface area contributed by atoms with E-state index in [1.807, 2.05) is 0 Å². The number of piperidine rings is 1. The molecule has 2 aromatic rings. The standard InChI is InChI=1S/C20H25F3N4O/c1-13-10-15(25-9-8-24-14(2)28)12-27(11-13)18-6-5-17(20(21,22)23)19-16(18)4-3-7-26-19/h3-7,13,15,25H,8-12H2,1-2H3,(H,24,28)/t13-,15+/m0/s1. The van der Waals surface area contributed by atoms with Crippen LogP contribution in [0.4, 0.5) is 18.9 Å². The van der Waals surface area contributed by atoms with Gasteiger partial charge < -0.3 is 15.5 Å². The van der Waals surface area contributed by atoms with Gasteiger partial charge in [-0.25, -0.2) is 0 Å². The quantitative estimate of drug-likeness (QED) is 0.765. The Hall–Kier alpha value is -2.35. The highest BCUT2D eigenvalue weighted by atomic mass is 19.4. The molecular weight excluding hydrogens is 369 g/mol. The number of nitrogens with one attached hydrogen (secondary N) is 2. The zero-order valence-corrected chi connectivity index (χ0v) is 16.0. The van der Waals surface area contributed by atoms with Crippen LogP contribution in [0.25, 0.3) is 10.9 Å². The van der Waals surface area contributed by atoms with Gasteiger partial charge in [0.15, 0.2) is 0 Å². The number of amides is 1. The van der Waals surface area contributed by atoms with Gasteiger partial charge in [0.1, 0.15) is 0 Å². The third kappa shape index (κ3) is 4.73. The van der Waals surface area contributed by atoms with Crippen molar-refractivity contribution in [2.75, 3.05) is 31.1 Å². The Labute approximate surface area is 162 Å². The zero-order chi connectivity index (χ0) is 20.3. The number of anilines is 1. The van der Waals surface area contributed by atoms with Crippen molar-refractivity contribution >= 4 is 22.5 Å². The molecule has 1 aromatic heterocycles. The number of pyridine rings is 1. The number of carbonyl (C=O) groups excluding carboxylic acids is 1. The van der Waals surface area contributed by atoms with Gasteiger partial charge in [-0.2, -0.15) is 13.2 Å². The molecule has 8 heteroatoms. The fourth-order valence-corrected chi connectivity index (χ4v) is 3.87. The summed E-state index contributed by atoms with van der Waals surface area (Å²) in [6, 6.07) is 6.25. The molecule has 28 heavy (non-hydrogen) atoms. The van der Waals surface area contributed by atoms with Crippen molar-refractivity contribution < 1.29 is 18.0 Å². The Bertz CT molecular complexity index is 840. The summed E-state index contributed by atoms with van der Waals surface area (Å²) in [4.78, 5) is 17.1. The van der Waals surface area contributed by atoms with Crippen LogP contribution >= 0.6 is 0 Å². The van der Waals surface area contributed by atoms with Gasteiger partial charge in [-0.1, -0.05) is 6.92 Å². The first-order valence-electron chi connectivity index (χ1n) is 9.43. The van der Waals surface area contributed by atoms with Crippen LogP contribution in [0, 0.1) is 5.92 Å². The number of benzene rings is 1. The van der Waals surface area contributed by atoms with Crippen LogP contribution < -0.4 is 15.5 Å². The average Bonchev–Trinajstić information content (AvgIpc) is 2.63. The Morgan fingerprint density at radius 3 is 2.75 bits per heavy atom. The Morgan fingerprint density at radius 2 is 2.04 bits per heavy atom. The van der Waals surface area contributed by atoms with E-state index in [4.69, 9.17) is 0 Å². The molecule has 0 aliphatic carbocycles. The van der Waals surface area contributed by atoms with Gasteiger partial charge >= 0.3 is 6.18 Å². The Kier molecular flexibility index (Phi) is 6.07. The van der Waals surface area contributed by atoms with Gasteiger partial charge in [0.05, 0.1) is 11.1 Å². The summed E-state index contributed by atoms with van der Waals surface area (Å²) < 4.78 is 40.1. The number of halogens is 3. The van der Waals surface area contributed by atoms with Gasteiger partial charge in [-0.3, -0.25) is 9.78 Å². The summed E-state index contributed by atoms with van der Waals surface area (Å²) in [7, 11) is 0. The maximum absolute atomic E-state index is 13.4. The van der Waals surface area contributed by atoms with E-state index in [1.54, 1.807) is 18.2 Å². The molecule has 1 saturated heterocycles. The topological polar surface area (TPSA) is 57.3 Å². The first-order chi connectivity index (χ1) is 13.3. The lowest BCUT2D eigenvalue weighted by molar-refractivity contribution is -0.136. The van der Waals surface area contributed by atoms with Crippen molar-refractivity contribution in [2.45, 2.75) is 32.5 Å². The summed E-state index contributed by atoms with van der Waals surface area (Å²) in [6.45, 7) is 6.29. The van der Waals surface area contributed by atoms with Crippen LogP contribution in [0.3, 0.4) is 0 Å². The van der Waals surface area contributed by atoms with Crippen molar-refractivity contribution in [1.82, 2.24) is 15.6 Å². The number of hydrogen-bond donors (Lipinski definition) is 2. The highest BCUT2D eigenvalue weighted by Crippen LogP contribution is 2.38. The van der Waals surface area contributed by atoms with Gasteiger partial charge in [-0.05, 0) is 36.6 Å². The monoisotopic (exact) mass is 394 g/mol.